The van der Waals surface area contributed by atoms with E-state index in [0.29, 0.717) is 25.5 Å². The molecular formula is C11H18N4O2. The van der Waals surface area contributed by atoms with Crippen molar-refractivity contribution in [2.24, 2.45) is 0 Å². The molecule has 1 aromatic heterocycles. The standard InChI is InChI=1S/C11H18N4O2/c1-4-17-9(16)5-6-13-10-8(2)7-14-11(12-3)15-10/h7H,4-6H2,1-3H3,(H2,12,13,14,15). The first-order valence-electron chi connectivity index (χ1n) is 5.58. The molecule has 0 saturated heterocycles. The molecule has 0 aliphatic carbocycles. The van der Waals surface area contributed by atoms with Gasteiger partial charge in [-0.25, -0.2) is 4.98 Å². The monoisotopic (exact) mass is 238 g/mol. The lowest BCUT2D eigenvalue weighted by Crippen LogP contribution is -2.13. The van der Waals surface area contributed by atoms with Crippen LogP contribution in [0.4, 0.5) is 11.8 Å². The Kier molecular flexibility index (Phi) is 5.19. The summed E-state index contributed by atoms with van der Waals surface area (Å²) in [4.78, 5) is 19.5. The van der Waals surface area contributed by atoms with E-state index in [1.807, 2.05) is 6.92 Å². The Morgan fingerprint density at radius 3 is 2.94 bits per heavy atom. The summed E-state index contributed by atoms with van der Waals surface area (Å²) in [5.41, 5.74) is 0.938. The highest BCUT2D eigenvalue weighted by atomic mass is 16.5. The maximum absolute atomic E-state index is 11.1. The van der Waals surface area contributed by atoms with Gasteiger partial charge in [0.25, 0.3) is 0 Å². The van der Waals surface area contributed by atoms with E-state index < -0.39 is 0 Å². The second kappa shape index (κ2) is 6.67. The molecule has 1 heterocycles. The molecule has 2 N–H and O–H groups in total. The van der Waals surface area contributed by atoms with Crippen LogP contribution in [0.25, 0.3) is 0 Å². The van der Waals surface area contributed by atoms with Crippen molar-refractivity contribution in [2.45, 2.75) is 20.3 Å². The van der Waals surface area contributed by atoms with Gasteiger partial charge < -0.3 is 15.4 Å². The molecule has 17 heavy (non-hydrogen) atoms. The Labute approximate surface area is 101 Å². The number of hydrogen-bond donors (Lipinski definition) is 2. The van der Waals surface area contributed by atoms with Gasteiger partial charge in [-0.05, 0) is 13.8 Å². The molecule has 0 radical (unpaired) electrons. The molecule has 0 saturated carbocycles. The number of hydrogen-bond acceptors (Lipinski definition) is 6. The van der Waals surface area contributed by atoms with Gasteiger partial charge in [0.2, 0.25) is 5.95 Å². The van der Waals surface area contributed by atoms with E-state index in [2.05, 4.69) is 20.6 Å². The van der Waals surface area contributed by atoms with Gasteiger partial charge in [0.15, 0.2) is 0 Å². The molecule has 0 fully saturated rings. The quantitative estimate of drug-likeness (QED) is 0.725. The Morgan fingerprint density at radius 2 is 2.29 bits per heavy atom. The Hall–Kier alpha value is -1.85. The first-order valence-corrected chi connectivity index (χ1v) is 5.58. The molecule has 0 unspecified atom stereocenters. The fourth-order valence-corrected chi connectivity index (χ4v) is 1.26. The molecule has 0 aliphatic rings. The van der Waals surface area contributed by atoms with Crippen LogP contribution in [0.3, 0.4) is 0 Å². The van der Waals surface area contributed by atoms with Gasteiger partial charge in [-0.1, -0.05) is 0 Å². The van der Waals surface area contributed by atoms with Crippen molar-refractivity contribution < 1.29 is 9.53 Å². The molecule has 1 aromatic rings. The molecule has 0 bridgehead atoms. The molecular weight excluding hydrogens is 220 g/mol. The van der Waals surface area contributed by atoms with Crippen molar-refractivity contribution in [3.63, 3.8) is 0 Å². The Morgan fingerprint density at radius 1 is 1.53 bits per heavy atom. The third-order valence-electron chi connectivity index (χ3n) is 2.12. The lowest BCUT2D eigenvalue weighted by atomic mass is 10.3. The van der Waals surface area contributed by atoms with Gasteiger partial charge in [-0.15, -0.1) is 0 Å². The minimum Gasteiger partial charge on any atom is -0.466 e. The van der Waals surface area contributed by atoms with E-state index in [4.69, 9.17) is 4.74 Å². The first-order chi connectivity index (χ1) is 8.17. The summed E-state index contributed by atoms with van der Waals surface area (Å²) in [5.74, 6) is 1.07. The summed E-state index contributed by atoms with van der Waals surface area (Å²) in [5, 5.41) is 5.95. The molecule has 94 valence electrons. The van der Waals surface area contributed by atoms with Crippen LogP contribution >= 0.6 is 0 Å². The van der Waals surface area contributed by atoms with E-state index in [-0.39, 0.29) is 5.97 Å². The number of aromatic nitrogens is 2. The highest BCUT2D eigenvalue weighted by Gasteiger charge is 2.04. The van der Waals surface area contributed by atoms with E-state index in [1.54, 1.807) is 20.2 Å². The number of ether oxygens (including phenoxy) is 1. The normalized spacial score (nSPS) is 9.82. The lowest BCUT2D eigenvalue weighted by molar-refractivity contribution is -0.142. The van der Waals surface area contributed by atoms with Crippen LogP contribution in [0.15, 0.2) is 6.20 Å². The van der Waals surface area contributed by atoms with Crippen LogP contribution in [0.2, 0.25) is 0 Å². The highest BCUT2D eigenvalue weighted by Crippen LogP contribution is 2.11. The summed E-state index contributed by atoms with van der Waals surface area (Å²) < 4.78 is 4.83. The average molecular weight is 238 g/mol. The predicted molar refractivity (Wildman–Crippen MR) is 66.1 cm³/mol. The van der Waals surface area contributed by atoms with E-state index in [0.717, 1.165) is 11.4 Å². The van der Waals surface area contributed by atoms with Crippen LogP contribution in [0.5, 0.6) is 0 Å². The van der Waals surface area contributed by atoms with Crippen LogP contribution < -0.4 is 10.6 Å². The Bertz CT molecular complexity index is 382. The zero-order valence-corrected chi connectivity index (χ0v) is 10.4. The lowest BCUT2D eigenvalue weighted by Gasteiger charge is -2.09. The number of nitrogens with zero attached hydrogens (tertiary/aromatic N) is 2. The number of carbonyl (C=O) groups is 1. The number of rotatable bonds is 6. The van der Waals surface area contributed by atoms with Gasteiger partial charge in [0.05, 0.1) is 13.0 Å². The SMILES string of the molecule is CCOC(=O)CCNc1nc(NC)ncc1C. The van der Waals surface area contributed by atoms with Gasteiger partial charge in [-0.2, -0.15) is 4.98 Å². The smallest absolute Gasteiger partial charge is 0.307 e. The summed E-state index contributed by atoms with van der Waals surface area (Å²) in [6.07, 6.45) is 2.05. The summed E-state index contributed by atoms with van der Waals surface area (Å²) >= 11 is 0. The fraction of sp³-hybridized carbons (Fsp3) is 0.545. The molecule has 0 atom stereocenters. The third kappa shape index (κ3) is 4.26. The summed E-state index contributed by atoms with van der Waals surface area (Å²) in [6, 6.07) is 0. The number of anilines is 2. The maximum atomic E-state index is 11.1. The number of aryl methyl sites for hydroxylation is 1. The molecule has 0 aromatic carbocycles. The summed E-state index contributed by atoms with van der Waals surface area (Å²) in [6.45, 7) is 4.61. The number of nitrogens with one attached hydrogen (secondary N) is 2. The second-order valence-corrected chi connectivity index (χ2v) is 3.46. The van der Waals surface area contributed by atoms with E-state index in [9.17, 15) is 4.79 Å². The average Bonchev–Trinajstić information content (AvgIpc) is 2.32. The highest BCUT2D eigenvalue weighted by molar-refractivity contribution is 5.70. The number of esters is 1. The van der Waals surface area contributed by atoms with Crippen LogP contribution in [-0.2, 0) is 9.53 Å². The van der Waals surface area contributed by atoms with E-state index in [1.165, 1.54) is 0 Å². The Balaban J connectivity index is 2.48. The second-order valence-electron chi connectivity index (χ2n) is 3.46. The van der Waals surface area contributed by atoms with Gasteiger partial charge in [-0.3, -0.25) is 4.79 Å². The molecule has 1 rings (SSSR count). The minimum absolute atomic E-state index is 0.208. The molecule has 0 amide bonds. The third-order valence-corrected chi connectivity index (χ3v) is 2.12. The van der Waals surface area contributed by atoms with Crippen molar-refractivity contribution in [3.05, 3.63) is 11.8 Å². The van der Waals surface area contributed by atoms with Gasteiger partial charge in [0, 0.05) is 25.4 Å². The topological polar surface area (TPSA) is 76.1 Å². The van der Waals surface area contributed by atoms with Crippen molar-refractivity contribution in [1.82, 2.24) is 9.97 Å². The van der Waals surface area contributed by atoms with Crippen LogP contribution in [0.1, 0.15) is 18.9 Å². The molecule has 0 spiro atoms. The van der Waals surface area contributed by atoms with Crippen molar-refractivity contribution in [2.75, 3.05) is 30.8 Å². The maximum Gasteiger partial charge on any atom is 0.307 e. The summed E-state index contributed by atoms with van der Waals surface area (Å²) in [7, 11) is 1.76. The van der Waals surface area contributed by atoms with E-state index >= 15 is 0 Å². The zero-order chi connectivity index (χ0) is 12.7. The largest absolute Gasteiger partial charge is 0.466 e. The fourth-order valence-electron chi connectivity index (χ4n) is 1.26. The minimum atomic E-state index is -0.208. The van der Waals surface area contributed by atoms with Gasteiger partial charge in [0.1, 0.15) is 5.82 Å². The van der Waals surface area contributed by atoms with Crippen molar-refractivity contribution >= 4 is 17.7 Å². The molecule has 0 aliphatic heterocycles. The number of carbonyl (C=O) groups excluding carboxylic acids is 1. The predicted octanol–water partition coefficient (Wildman–Crippen LogP) is 1.19. The van der Waals surface area contributed by atoms with Crippen LogP contribution in [0, 0.1) is 6.92 Å². The molecule has 6 heteroatoms. The van der Waals surface area contributed by atoms with Crippen molar-refractivity contribution in [3.8, 4) is 0 Å². The first kappa shape index (κ1) is 13.2. The van der Waals surface area contributed by atoms with Crippen molar-refractivity contribution in [1.29, 1.82) is 0 Å². The molecule has 6 nitrogen and oxygen atoms in total. The zero-order valence-electron chi connectivity index (χ0n) is 10.4. The van der Waals surface area contributed by atoms with Gasteiger partial charge >= 0.3 is 5.97 Å². The van der Waals surface area contributed by atoms with Crippen LogP contribution in [-0.4, -0.2) is 36.1 Å².